The van der Waals surface area contributed by atoms with Crippen LogP contribution in [-0.4, -0.2) is 78.7 Å². The lowest BCUT2D eigenvalue weighted by Crippen LogP contribution is -2.58. The molecule has 2 saturated heterocycles. The van der Waals surface area contributed by atoms with Crippen molar-refractivity contribution in [2.75, 3.05) is 39.3 Å². The maximum Gasteiger partial charge on any atom is 0.446 e. The molecule has 8 nitrogen and oxygen atoms in total. The van der Waals surface area contributed by atoms with Gasteiger partial charge in [-0.2, -0.15) is 18.4 Å². The molecule has 1 unspecified atom stereocenters. The van der Waals surface area contributed by atoms with Gasteiger partial charge >= 0.3 is 12.1 Å². The van der Waals surface area contributed by atoms with Crippen LogP contribution in [0.2, 0.25) is 0 Å². The molecular weight excluding hydrogens is 534 g/mol. The maximum atomic E-state index is 13.8. The molecule has 40 heavy (non-hydrogen) atoms. The molecule has 0 radical (unpaired) electrons. The van der Waals surface area contributed by atoms with Crippen molar-refractivity contribution in [3.05, 3.63) is 69.0 Å². The average molecular weight is 564 g/mol. The second-order valence-electron chi connectivity index (χ2n) is 10.0. The van der Waals surface area contributed by atoms with Crippen LogP contribution in [0, 0.1) is 31.0 Å². The van der Waals surface area contributed by atoms with E-state index in [-0.39, 0.29) is 23.7 Å². The van der Waals surface area contributed by atoms with Gasteiger partial charge < -0.3 is 14.6 Å². The Kier molecular flexibility index (Phi) is 8.90. The highest BCUT2D eigenvalue weighted by molar-refractivity contribution is 5.94. The zero-order valence-corrected chi connectivity index (χ0v) is 22.0. The highest BCUT2D eigenvalue weighted by atomic mass is 19.4. The van der Waals surface area contributed by atoms with E-state index in [1.807, 2.05) is 25.1 Å². The predicted molar refractivity (Wildman–Crippen MR) is 134 cm³/mol. The first-order chi connectivity index (χ1) is 18.9. The van der Waals surface area contributed by atoms with Crippen LogP contribution in [0.15, 0.2) is 24.3 Å². The van der Waals surface area contributed by atoms with Gasteiger partial charge in [-0.05, 0) is 48.2 Å². The van der Waals surface area contributed by atoms with Gasteiger partial charge in [0.15, 0.2) is 0 Å². The van der Waals surface area contributed by atoms with E-state index < -0.39 is 24.4 Å². The van der Waals surface area contributed by atoms with Crippen LogP contribution in [0.1, 0.15) is 55.9 Å². The minimum atomic E-state index is -4.64. The molecule has 0 amide bonds. The number of esters is 1. The third-order valence-electron chi connectivity index (χ3n) is 7.63. The zero-order valence-electron chi connectivity index (χ0n) is 22.0. The number of nitriles is 1. The Morgan fingerprint density at radius 1 is 1.18 bits per heavy atom. The molecule has 3 atom stereocenters. The molecule has 2 fully saturated rings. The van der Waals surface area contributed by atoms with Gasteiger partial charge in [-0.15, -0.1) is 0 Å². The molecule has 214 valence electrons. The lowest BCUT2D eigenvalue weighted by atomic mass is 9.93. The molecule has 0 bridgehead atoms. The Bertz CT molecular complexity index is 1330. The Hall–Kier alpha value is -3.37. The summed E-state index contributed by atoms with van der Waals surface area (Å²) in [7, 11) is 0. The smallest absolute Gasteiger partial charge is 0.446 e. The molecule has 0 aliphatic carbocycles. The van der Waals surface area contributed by atoms with E-state index in [1.54, 1.807) is 13.0 Å². The van der Waals surface area contributed by atoms with E-state index in [1.165, 1.54) is 6.07 Å². The van der Waals surface area contributed by atoms with Crippen molar-refractivity contribution in [1.29, 1.82) is 5.26 Å². The van der Waals surface area contributed by atoms with Crippen LogP contribution in [0.3, 0.4) is 0 Å². The third kappa shape index (κ3) is 6.33. The molecule has 1 N–H and O–H groups in total. The molecule has 5 rings (SSSR count). The Balaban J connectivity index is 0.000000557. The summed E-state index contributed by atoms with van der Waals surface area (Å²) in [4.78, 5) is 25.2. The summed E-state index contributed by atoms with van der Waals surface area (Å²) in [6.07, 6.45) is -6.55. The van der Waals surface area contributed by atoms with Crippen molar-refractivity contribution in [1.82, 2.24) is 9.80 Å². The standard InChI is InChI=1S/C26H28FN3O4.C2HF3O/c1-15-18(5-6-23(27)21(15)9-28)24(31)11-29-7-8-30-12-25(33-13-17(30)10-29)19-3-4-20-22(16(19)2)14-34-26(20)32;3-2(4,5)1-6/h3-6,17,24-25,31H,7-8,10-14H2,1-2H3;1H/t17-,24?,25-;/m0./s1. The summed E-state index contributed by atoms with van der Waals surface area (Å²) < 4.78 is 56.5. The predicted octanol–water partition coefficient (Wildman–Crippen LogP) is 3.52. The SMILES string of the molecule is Cc1c(C(O)CN2CCN3C[C@@H](c4ccc5c(c4C)COC5=O)OC[C@@H]3C2)ccc(F)c1C#N.O=CC(F)(F)F. The van der Waals surface area contributed by atoms with Gasteiger partial charge in [-0.1, -0.05) is 12.1 Å². The molecule has 12 heteroatoms. The number of rotatable bonds is 4. The number of hydrogen-bond donors (Lipinski definition) is 1. The Labute approximate surface area is 228 Å². The molecule has 0 saturated carbocycles. The highest BCUT2D eigenvalue weighted by Gasteiger charge is 2.36. The molecule has 3 aliphatic heterocycles. The Morgan fingerprint density at radius 3 is 2.58 bits per heavy atom. The number of carbonyl (C=O) groups is 2. The lowest BCUT2D eigenvalue weighted by molar-refractivity contribution is -0.156. The van der Waals surface area contributed by atoms with Gasteiger partial charge in [0, 0.05) is 44.3 Å². The van der Waals surface area contributed by atoms with Gasteiger partial charge in [0.1, 0.15) is 18.5 Å². The van der Waals surface area contributed by atoms with E-state index in [0.717, 1.165) is 42.9 Å². The monoisotopic (exact) mass is 563 g/mol. The molecule has 2 aromatic rings. The number of ether oxygens (including phenoxy) is 2. The topological polar surface area (TPSA) is 103 Å². The van der Waals surface area contributed by atoms with Crippen LogP contribution < -0.4 is 0 Å². The van der Waals surface area contributed by atoms with Crippen LogP contribution in [0.5, 0.6) is 0 Å². The average Bonchev–Trinajstić information content (AvgIpc) is 3.30. The largest absolute Gasteiger partial charge is 0.457 e. The fourth-order valence-corrected chi connectivity index (χ4v) is 5.45. The number of carbonyl (C=O) groups excluding carboxylic acids is 2. The van der Waals surface area contributed by atoms with Crippen LogP contribution in [0.4, 0.5) is 17.6 Å². The van der Waals surface area contributed by atoms with Crippen molar-refractivity contribution in [3.63, 3.8) is 0 Å². The molecule has 2 aromatic carbocycles. The lowest BCUT2D eigenvalue weighted by Gasteiger charge is -2.46. The molecule has 3 aliphatic rings. The second-order valence-corrected chi connectivity index (χ2v) is 10.0. The van der Waals surface area contributed by atoms with E-state index in [0.29, 0.717) is 36.4 Å². The number of nitrogens with zero attached hydrogens (tertiary/aromatic N) is 3. The zero-order chi connectivity index (χ0) is 29.2. The summed E-state index contributed by atoms with van der Waals surface area (Å²) in [5.74, 6) is -0.816. The number of benzene rings is 2. The van der Waals surface area contributed by atoms with Crippen molar-refractivity contribution in [3.8, 4) is 6.07 Å². The Morgan fingerprint density at radius 2 is 1.90 bits per heavy atom. The summed E-state index contributed by atoms with van der Waals surface area (Å²) in [6.45, 7) is 8.23. The molecule has 3 heterocycles. The number of alkyl halides is 3. The highest BCUT2D eigenvalue weighted by Crippen LogP contribution is 2.34. The van der Waals surface area contributed by atoms with Gasteiger partial charge in [-0.25, -0.2) is 9.18 Å². The third-order valence-corrected chi connectivity index (χ3v) is 7.63. The minimum absolute atomic E-state index is 0.00845. The number of halogens is 4. The fraction of sp³-hybridized carbons (Fsp3) is 0.464. The van der Waals surface area contributed by atoms with Crippen molar-refractivity contribution in [2.24, 2.45) is 0 Å². The van der Waals surface area contributed by atoms with Crippen molar-refractivity contribution < 1.29 is 41.7 Å². The van der Waals surface area contributed by atoms with E-state index in [9.17, 15) is 32.7 Å². The van der Waals surface area contributed by atoms with Gasteiger partial charge in [0.25, 0.3) is 0 Å². The first-order valence-corrected chi connectivity index (χ1v) is 12.7. The fourth-order valence-electron chi connectivity index (χ4n) is 5.45. The summed E-state index contributed by atoms with van der Waals surface area (Å²) in [5, 5.41) is 20.0. The van der Waals surface area contributed by atoms with E-state index in [4.69, 9.17) is 14.3 Å². The first-order valence-electron chi connectivity index (χ1n) is 12.7. The number of aliphatic hydroxyl groups excluding tert-OH is 1. The number of fused-ring (bicyclic) bond motifs is 2. The summed E-state index contributed by atoms with van der Waals surface area (Å²) in [6, 6.07) is 8.76. The summed E-state index contributed by atoms with van der Waals surface area (Å²) >= 11 is 0. The minimum Gasteiger partial charge on any atom is -0.457 e. The molecular formula is C28H29F4N3O5. The normalized spacial score (nSPS) is 21.8. The van der Waals surface area contributed by atoms with Gasteiger partial charge in [0.05, 0.1) is 29.9 Å². The van der Waals surface area contributed by atoms with E-state index in [2.05, 4.69) is 9.80 Å². The maximum absolute atomic E-state index is 13.8. The summed E-state index contributed by atoms with van der Waals surface area (Å²) in [5.41, 5.74) is 4.87. The first kappa shape index (κ1) is 29.6. The number of β-amino-alcohol motifs (C(OH)–C–C–N with tert-alkyl or cyclic N) is 1. The van der Waals surface area contributed by atoms with Crippen LogP contribution >= 0.6 is 0 Å². The molecule has 0 aromatic heterocycles. The second kappa shape index (κ2) is 12.0. The number of aliphatic hydroxyl groups is 1. The van der Waals surface area contributed by atoms with Crippen molar-refractivity contribution in [2.45, 2.75) is 44.9 Å². The quantitative estimate of drug-likeness (QED) is 0.343. The number of hydrogen-bond acceptors (Lipinski definition) is 8. The number of piperazine rings is 1. The van der Waals surface area contributed by atoms with Crippen LogP contribution in [0.25, 0.3) is 0 Å². The van der Waals surface area contributed by atoms with Crippen molar-refractivity contribution >= 4 is 12.3 Å². The number of cyclic esters (lactones) is 1. The van der Waals surface area contributed by atoms with Gasteiger partial charge in [-0.3, -0.25) is 14.6 Å². The van der Waals surface area contributed by atoms with Gasteiger partial charge in [0.2, 0.25) is 6.29 Å². The molecule has 0 spiro atoms. The number of aldehydes is 1. The van der Waals surface area contributed by atoms with Crippen LogP contribution in [-0.2, 0) is 20.9 Å². The number of morpholine rings is 1. The van der Waals surface area contributed by atoms with E-state index >= 15 is 0 Å².